The number of hydrogen-bond donors (Lipinski definition) is 2. The number of amides is 1. The van der Waals surface area contributed by atoms with E-state index in [1.165, 1.54) is 23.8 Å². The second-order valence-electron chi connectivity index (χ2n) is 4.70. The predicted octanol–water partition coefficient (Wildman–Crippen LogP) is 3.84. The fraction of sp³-hybridized carbons (Fsp3) is 0.188. The molecule has 2 aromatic rings. The van der Waals surface area contributed by atoms with Crippen LogP contribution in [0.2, 0.25) is 0 Å². The van der Waals surface area contributed by atoms with Gasteiger partial charge in [0.15, 0.2) is 0 Å². The molecule has 0 aromatic heterocycles. The van der Waals surface area contributed by atoms with Crippen molar-refractivity contribution in [3.05, 3.63) is 53.8 Å². The van der Waals surface area contributed by atoms with E-state index in [2.05, 4.69) is 5.32 Å². The van der Waals surface area contributed by atoms with Gasteiger partial charge in [0, 0.05) is 22.8 Å². The quantitative estimate of drug-likeness (QED) is 0.652. The Morgan fingerprint density at radius 3 is 2.62 bits per heavy atom. The van der Waals surface area contributed by atoms with Crippen LogP contribution >= 0.6 is 11.8 Å². The zero-order chi connectivity index (χ0) is 15.2. The molecule has 0 spiro atoms. The maximum Gasteiger partial charge on any atom is 0.225 e. The summed E-state index contributed by atoms with van der Waals surface area (Å²) in [6.45, 7) is 2.04. The number of halogens is 1. The molecular weight excluding hydrogens is 287 g/mol. The molecule has 3 N–H and O–H groups in total. The van der Waals surface area contributed by atoms with Crippen LogP contribution < -0.4 is 11.1 Å². The summed E-state index contributed by atoms with van der Waals surface area (Å²) >= 11 is 1.63. The van der Waals surface area contributed by atoms with Crippen LogP contribution in [0.4, 0.5) is 15.8 Å². The third-order valence-electron chi connectivity index (χ3n) is 2.90. The molecule has 2 rings (SSSR count). The lowest BCUT2D eigenvalue weighted by Crippen LogP contribution is -2.12. The molecule has 0 bridgehead atoms. The van der Waals surface area contributed by atoms with Gasteiger partial charge in [0.1, 0.15) is 5.82 Å². The van der Waals surface area contributed by atoms with Crippen molar-refractivity contribution in [3.63, 3.8) is 0 Å². The van der Waals surface area contributed by atoms with Crippen LogP contribution in [0.25, 0.3) is 0 Å². The van der Waals surface area contributed by atoms with Gasteiger partial charge < -0.3 is 11.1 Å². The standard InChI is InChI=1S/C16H17FN2OS/c1-11-2-5-13(6-3-11)21-9-8-16(20)19-12-4-7-14(17)15(18)10-12/h2-7,10H,8-9,18H2,1H3,(H,19,20). The average Bonchev–Trinajstić information content (AvgIpc) is 2.45. The molecule has 110 valence electrons. The van der Waals surface area contributed by atoms with Crippen LogP contribution in [0.1, 0.15) is 12.0 Å². The molecule has 0 heterocycles. The van der Waals surface area contributed by atoms with E-state index in [0.29, 0.717) is 17.9 Å². The van der Waals surface area contributed by atoms with Gasteiger partial charge in [-0.15, -0.1) is 11.8 Å². The molecule has 0 aliphatic rings. The Morgan fingerprint density at radius 1 is 1.24 bits per heavy atom. The van der Waals surface area contributed by atoms with Crippen LogP contribution in [-0.4, -0.2) is 11.7 Å². The van der Waals surface area contributed by atoms with Gasteiger partial charge in [-0.25, -0.2) is 4.39 Å². The third-order valence-corrected chi connectivity index (χ3v) is 3.91. The van der Waals surface area contributed by atoms with Crippen molar-refractivity contribution in [3.8, 4) is 0 Å². The normalized spacial score (nSPS) is 10.4. The summed E-state index contributed by atoms with van der Waals surface area (Å²) in [7, 11) is 0. The molecule has 0 aliphatic heterocycles. The topological polar surface area (TPSA) is 55.1 Å². The number of nitrogens with one attached hydrogen (secondary N) is 1. The van der Waals surface area contributed by atoms with E-state index in [0.717, 1.165) is 4.90 Å². The van der Waals surface area contributed by atoms with Gasteiger partial charge >= 0.3 is 0 Å². The highest BCUT2D eigenvalue weighted by Crippen LogP contribution is 2.20. The van der Waals surface area contributed by atoms with E-state index in [1.54, 1.807) is 11.8 Å². The van der Waals surface area contributed by atoms with Crippen LogP contribution in [0, 0.1) is 12.7 Å². The van der Waals surface area contributed by atoms with E-state index in [-0.39, 0.29) is 11.6 Å². The molecule has 1 amide bonds. The molecule has 0 fully saturated rings. The molecule has 21 heavy (non-hydrogen) atoms. The number of benzene rings is 2. The van der Waals surface area contributed by atoms with Crippen molar-refractivity contribution in [1.82, 2.24) is 0 Å². The SMILES string of the molecule is Cc1ccc(SCCC(=O)Nc2ccc(F)c(N)c2)cc1. The highest BCUT2D eigenvalue weighted by atomic mass is 32.2. The Balaban J connectivity index is 1.79. The number of rotatable bonds is 5. The molecule has 2 aromatic carbocycles. The summed E-state index contributed by atoms with van der Waals surface area (Å²) in [5.41, 5.74) is 7.21. The number of nitrogens with two attached hydrogens (primary N) is 1. The van der Waals surface area contributed by atoms with Gasteiger partial charge in [0.2, 0.25) is 5.91 Å². The minimum absolute atomic E-state index is 0.0295. The highest BCUT2D eigenvalue weighted by molar-refractivity contribution is 7.99. The molecule has 0 unspecified atom stereocenters. The van der Waals surface area contributed by atoms with Gasteiger partial charge in [-0.05, 0) is 37.3 Å². The van der Waals surface area contributed by atoms with Crippen LogP contribution in [-0.2, 0) is 4.79 Å². The third kappa shape index (κ3) is 4.79. The number of hydrogen-bond acceptors (Lipinski definition) is 3. The van der Waals surface area contributed by atoms with Gasteiger partial charge in [-0.1, -0.05) is 17.7 Å². The number of nitrogen functional groups attached to an aromatic ring is 1. The number of carbonyl (C=O) groups excluding carboxylic acids is 1. The second-order valence-corrected chi connectivity index (χ2v) is 5.86. The highest BCUT2D eigenvalue weighted by Gasteiger charge is 2.05. The van der Waals surface area contributed by atoms with Crippen molar-refractivity contribution >= 4 is 29.0 Å². The lowest BCUT2D eigenvalue weighted by atomic mass is 10.2. The van der Waals surface area contributed by atoms with Crippen LogP contribution in [0.15, 0.2) is 47.4 Å². The van der Waals surface area contributed by atoms with Crippen molar-refractivity contribution in [2.24, 2.45) is 0 Å². The lowest BCUT2D eigenvalue weighted by Gasteiger charge is -2.06. The minimum Gasteiger partial charge on any atom is -0.396 e. The molecule has 0 aliphatic carbocycles. The summed E-state index contributed by atoms with van der Waals surface area (Å²) in [4.78, 5) is 12.9. The smallest absolute Gasteiger partial charge is 0.225 e. The van der Waals surface area contributed by atoms with E-state index in [1.807, 2.05) is 31.2 Å². The van der Waals surface area contributed by atoms with Crippen molar-refractivity contribution in [1.29, 1.82) is 0 Å². The molecule has 5 heteroatoms. The largest absolute Gasteiger partial charge is 0.396 e. The maximum atomic E-state index is 13.0. The number of carbonyl (C=O) groups is 1. The minimum atomic E-state index is -0.483. The Morgan fingerprint density at radius 2 is 1.95 bits per heavy atom. The molecule has 0 saturated heterocycles. The zero-order valence-electron chi connectivity index (χ0n) is 11.7. The monoisotopic (exact) mass is 304 g/mol. The summed E-state index contributed by atoms with van der Waals surface area (Å²) < 4.78 is 13.0. The second kappa shape index (κ2) is 7.13. The number of thioether (sulfide) groups is 1. The van der Waals surface area contributed by atoms with Crippen molar-refractivity contribution in [2.75, 3.05) is 16.8 Å². The van der Waals surface area contributed by atoms with Crippen LogP contribution in [0.5, 0.6) is 0 Å². The van der Waals surface area contributed by atoms with Gasteiger partial charge in [0.05, 0.1) is 5.69 Å². The Kier molecular flexibility index (Phi) is 5.22. The first-order chi connectivity index (χ1) is 10.0. The Labute approximate surface area is 127 Å². The van der Waals surface area contributed by atoms with Gasteiger partial charge in [-0.3, -0.25) is 4.79 Å². The Bertz CT molecular complexity index is 629. The summed E-state index contributed by atoms with van der Waals surface area (Å²) in [5.74, 6) is 0.0921. The van der Waals surface area contributed by atoms with Gasteiger partial charge in [0.25, 0.3) is 0 Å². The number of aryl methyl sites for hydroxylation is 1. The number of anilines is 2. The molecule has 0 radical (unpaired) electrons. The molecular formula is C16H17FN2OS. The molecule has 0 atom stereocenters. The summed E-state index contributed by atoms with van der Waals surface area (Å²) in [6.07, 6.45) is 0.385. The first-order valence-electron chi connectivity index (χ1n) is 6.59. The first-order valence-corrected chi connectivity index (χ1v) is 7.57. The van der Waals surface area contributed by atoms with E-state index < -0.39 is 5.82 Å². The fourth-order valence-corrected chi connectivity index (χ4v) is 2.59. The molecule has 3 nitrogen and oxygen atoms in total. The average molecular weight is 304 g/mol. The fourth-order valence-electron chi connectivity index (χ4n) is 1.74. The van der Waals surface area contributed by atoms with E-state index in [4.69, 9.17) is 5.73 Å². The van der Waals surface area contributed by atoms with Crippen LogP contribution in [0.3, 0.4) is 0 Å². The van der Waals surface area contributed by atoms with Crippen molar-refractivity contribution in [2.45, 2.75) is 18.2 Å². The van der Waals surface area contributed by atoms with Crippen molar-refractivity contribution < 1.29 is 9.18 Å². The van der Waals surface area contributed by atoms with Gasteiger partial charge in [-0.2, -0.15) is 0 Å². The molecule has 0 saturated carbocycles. The van der Waals surface area contributed by atoms with E-state index >= 15 is 0 Å². The lowest BCUT2D eigenvalue weighted by molar-refractivity contribution is -0.115. The zero-order valence-corrected chi connectivity index (χ0v) is 12.5. The summed E-state index contributed by atoms with van der Waals surface area (Å²) in [5, 5.41) is 2.71. The first kappa shape index (κ1) is 15.4. The Hall–Kier alpha value is -2.01. The van der Waals surface area contributed by atoms with E-state index in [9.17, 15) is 9.18 Å². The maximum absolute atomic E-state index is 13.0. The summed E-state index contributed by atoms with van der Waals surface area (Å²) in [6, 6.07) is 12.3. The predicted molar refractivity (Wildman–Crippen MR) is 86.0 cm³/mol.